The normalized spacial score (nSPS) is 11.7. The molecule has 0 saturated heterocycles. The number of rotatable bonds is 7. The highest BCUT2D eigenvalue weighted by Gasteiger charge is 2.25. The molecule has 7 nitrogen and oxygen atoms in total. The van der Waals surface area contributed by atoms with E-state index in [0.717, 1.165) is 15.6 Å². The molecule has 0 aliphatic heterocycles. The number of anilines is 2. The molecule has 0 radical (unpaired) electrons. The van der Waals surface area contributed by atoms with Crippen molar-refractivity contribution in [3.8, 4) is 10.4 Å². The fourth-order valence-corrected chi connectivity index (χ4v) is 4.73. The Balaban J connectivity index is 2.21. The number of carboxylic acid groups (broad SMARTS) is 1. The van der Waals surface area contributed by atoms with Gasteiger partial charge < -0.3 is 14.4 Å². The van der Waals surface area contributed by atoms with Crippen molar-refractivity contribution < 1.29 is 28.2 Å². The number of hydrogen-bond donors (Lipinski definition) is 1. The average Bonchev–Trinajstić information content (AvgIpc) is 3.14. The second-order valence-corrected chi connectivity index (χ2v) is 8.05. The molecule has 1 atom stereocenters. The van der Waals surface area contributed by atoms with Gasteiger partial charge in [0.2, 0.25) is 0 Å². The number of esters is 1. The molecule has 1 unspecified atom stereocenters. The van der Waals surface area contributed by atoms with Crippen LogP contribution in [0.15, 0.2) is 54.6 Å². The number of carbonyl (C=O) groups excluding carboxylic acids is 1. The van der Waals surface area contributed by atoms with Gasteiger partial charge >= 0.3 is 11.9 Å². The van der Waals surface area contributed by atoms with Crippen molar-refractivity contribution in [2.45, 2.75) is 13.8 Å². The van der Waals surface area contributed by atoms with E-state index in [9.17, 15) is 23.5 Å². The van der Waals surface area contributed by atoms with Crippen LogP contribution in [0.3, 0.4) is 0 Å². The second kappa shape index (κ2) is 9.21. The van der Waals surface area contributed by atoms with Gasteiger partial charge in [0.25, 0.3) is 0 Å². The zero-order valence-corrected chi connectivity index (χ0v) is 17.8. The lowest BCUT2D eigenvalue weighted by Crippen LogP contribution is -2.21. The standard InChI is InChI=1S/C21H19NO6S2/c1-3-28-21(25)15-10-6-5-9-14(15)18-12-17(19(29-18)20(23)24)22(30(26)27)16-11-7-4-8-13(16)2/h4-12H,3H2,1-2H3,(H,23,24)(H,26,27)/p-1. The zero-order valence-electron chi connectivity index (χ0n) is 16.2. The van der Waals surface area contributed by atoms with Crippen LogP contribution in [0, 0.1) is 6.92 Å². The maximum absolute atomic E-state index is 12.3. The summed E-state index contributed by atoms with van der Waals surface area (Å²) in [5.41, 5.74) is 1.75. The van der Waals surface area contributed by atoms with Crippen LogP contribution in [0.1, 0.15) is 32.5 Å². The van der Waals surface area contributed by atoms with Crippen LogP contribution < -0.4 is 4.31 Å². The molecule has 0 aliphatic rings. The Labute approximate surface area is 180 Å². The third-order valence-corrected chi connectivity index (χ3v) is 6.13. The highest BCUT2D eigenvalue weighted by atomic mass is 32.2. The predicted molar refractivity (Wildman–Crippen MR) is 115 cm³/mol. The van der Waals surface area contributed by atoms with E-state index < -0.39 is 23.2 Å². The monoisotopic (exact) mass is 444 g/mol. The van der Waals surface area contributed by atoms with E-state index in [0.29, 0.717) is 21.7 Å². The van der Waals surface area contributed by atoms with Crippen LogP contribution in [0.2, 0.25) is 0 Å². The smallest absolute Gasteiger partial charge is 0.348 e. The third-order valence-electron chi connectivity index (χ3n) is 4.30. The van der Waals surface area contributed by atoms with Crippen molar-refractivity contribution in [1.29, 1.82) is 0 Å². The van der Waals surface area contributed by atoms with Gasteiger partial charge in [-0.1, -0.05) is 36.4 Å². The number of nitrogens with zero attached hydrogens (tertiary/aromatic N) is 1. The van der Waals surface area contributed by atoms with Gasteiger partial charge in [0.15, 0.2) is 0 Å². The number of ether oxygens (including phenoxy) is 1. The molecule has 0 bridgehead atoms. The summed E-state index contributed by atoms with van der Waals surface area (Å²) in [5, 5.41) is 9.73. The molecule has 0 spiro atoms. The van der Waals surface area contributed by atoms with Crippen molar-refractivity contribution in [2.24, 2.45) is 0 Å². The Morgan fingerprint density at radius 2 is 1.80 bits per heavy atom. The Hall–Kier alpha value is -3.01. The molecule has 0 aliphatic carbocycles. The van der Waals surface area contributed by atoms with E-state index in [1.54, 1.807) is 62.4 Å². The van der Waals surface area contributed by atoms with Crippen LogP contribution in [-0.2, 0) is 16.0 Å². The molecule has 0 saturated carbocycles. The van der Waals surface area contributed by atoms with E-state index in [1.807, 2.05) is 0 Å². The van der Waals surface area contributed by atoms with Crippen LogP contribution in [-0.4, -0.2) is 32.4 Å². The summed E-state index contributed by atoms with van der Waals surface area (Å²) in [6.45, 7) is 3.62. The van der Waals surface area contributed by atoms with E-state index in [1.165, 1.54) is 6.07 Å². The Morgan fingerprint density at radius 3 is 2.43 bits per heavy atom. The number of carboxylic acids is 1. The van der Waals surface area contributed by atoms with Crippen molar-refractivity contribution >= 4 is 45.9 Å². The van der Waals surface area contributed by atoms with Crippen LogP contribution in [0.5, 0.6) is 0 Å². The van der Waals surface area contributed by atoms with E-state index >= 15 is 0 Å². The first-order valence-electron chi connectivity index (χ1n) is 8.94. The highest BCUT2D eigenvalue weighted by molar-refractivity contribution is 7.81. The molecule has 2 aromatic carbocycles. The minimum absolute atomic E-state index is 0.00351. The summed E-state index contributed by atoms with van der Waals surface area (Å²) >= 11 is -1.87. The quantitative estimate of drug-likeness (QED) is 0.424. The Bertz CT molecular complexity index is 1120. The summed E-state index contributed by atoms with van der Waals surface area (Å²) in [6.07, 6.45) is 0. The number of para-hydroxylation sites is 1. The first kappa shape index (κ1) is 21.7. The molecule has 3 rings (SSSR count). The highest BCUT2D eigenvalue weighted by Crippen LogP contribution is 2.42. The summed E-state index contributed by atoms with van der Waals surface area (Å²) in [5.74, 6) is -1.80. The average molecular weight is 445 g/mol. The molecule has 1 N–H and O–H groups in total. The fourth-order valence-electron chi connectivity index (χ4n) is 2.98. The lowest BCUT2D eigenvalue weighted by atomic mass is 10.1. The molecule has 30 heavy (non-hydrogen) atoms. The predicted octanol–water partition coefficient (Wildman–Crippen LogP) is 4.53. The van der Waals surface area contributed by atoms with Crippen LogP contribution >= 0.6 is 11.3 Å². The topological polar surface area (TPSA) is 107 Å². The maximum Gasteiger partial charge on any atom is 0.348 e. The SMILES string of the molecule is CCOC(=O)c1ccccc1-c1cc(N(c2ccccc2C)S(=O)[O-])c(C(=O)O)s1. The molecular formula is C21H18NO6S2-. The second-order valence-electron chi connectivity index (χ2n) is 6.19. The van der Waals surface area contributed by atoms with Crippen LogP contribution in [0.25, 0.3) is 10.4 Å². The minimum Gasteiger partial charge on any atom is -0.755 e. The minimum atomic E-state index is -2.77. The fraction of sp³-hybridized carbons (Fsp3) is 0.143. The summed E-state index contributed by atoms with van der Waals surface area (Å²) in [4.78, 5) is 24.5. The number of aromatic carboxylic acids is 1. The molecule has 1 aromatic heterocycles. The van der Waals surface area contributed by atoms with Crippen molar-refractivity contribution in [2.75, 3.05) is 10.9 Å². The molecular weight excluding hydrogens is 426 g/mol. The Kier molecular flexibility index (Phi) is 6.66. The van der Waals surface area contributed by atoms with Gasteiger partial charge in [0.05, 0.1) is 34.8 Å². The van der Waals surface area contributed by atoms with Crippen molar-refractivity contribution in [1.82, 2.24) is 0 Å². The maximum atomic E-state index is 12.3. The van der Waals surface area contributed by atoms with Crippen molar-refractivity contribution in [3.63, 3.8) is 0 Å². The van der Waals surface area contributed by atoms with E-state index in [-0.39, 0.29) is 22.7 Å². The number of benzene rings is 2. The number of hydrogen-bond acceptors (Lipinski definition) is 6. The molecule has 0 amide bonds. The van der Waals surface area contributed by atoms with Gasteiger partial charge in [-0.25, -0.2) is 9.59 Å². The molecule has 9 heteroatoms. The van der Waals surface area contributed by atoms with Gasteiger partial charge in [0.1, 0.15) is 4.88 Å². The first-order chi connectivity index (χ1) is 14.3. The lowest BCUT2D eigenvalue weighted by molar-refractivity contribution is 0.0526. The molecule has 1 heterocycles. The Morgan fingerprint density at radius 1 is 1.13 bits per heavy atom. The van der Waals surface area contributed by atoms with E-state index in [2.05, 4.69) is 0 Å². The van der Waals surface area contributed by atoms with Gasteiger partial charge in [-0.2, -0.15) is 0 Å². The van der Waals surface area contributed by atoms with Gasteiger partial charge in [-0.3, -0.25) is 8.51 Å². The first-order valence-corrected chi connectivity index (χ1v) is 10.8. The van der Waals surface area contributed by atoms with E-state index in [4.69, 9.17) is 4.74 Å². The summed E-state index contributed by atoms with van der Waals surface area (Å²) in [7, 11) is 0. The zero-order chi connectivity index (χ0) is 21.8. The number of aryl methyl sites for hydroxylation is 1. The van der Waals surface area contributed by atoms with Gasteiger partial charge in [-0.15, -0.1) is 11.3 Å². The molecule has 0 fully saturated rings. The molecule has 3 aromatic rings. The van der Waals surface area contributed by atoms with Crippen molar-refractivity contribution in [3.05, 3.63) is 70.6 Å². The number of carbonyl (C=O) groups is 2. The van der Waals surface area contributed by atoms with Gasteiger partial charge in [0, 0.05) is 10.4 Å². The molecule has 156 valence electrons. The third kappa shape index (κ3) is 4.28. The lowest BCUT2D eigenvalue weighted by Gasteiger charge is -2.27. The summed E-state index contributed by atoms with van der Waals surface area (Å²) < 4.78 is 30.2. The van der Waals surface area contributed by atoms with Gasteiger partial charge in [-0.05, 0) is 37.6 Å². The van der Waals surface area contributed by atoms with Crippen LogP contribution in [0.4, 0.5) is 11.4 Å². The largest absolute Gasteiger partial charge is 0.755 e. The number of thiophene rings is 1. The summed E-state index contributed by atoms with van der Waals surface area (Å²) in [6, 6.07) is 14.9.